The van der Waals surface area contributed by atoms with Crippen LogP contribution in [0.5, 0.6) is 0 Å². The second kappa shape index (κ2) is 10.8. The lowest BCUT2D eigenvalue weighted by Gasteiger charge is -2.18. The lowest BCUT2D eigenvalue weighted by Crippen LogP contribution is -2.27. The average Bonchev–Trinajstić information content (AvgIpc) is 3.62. The van der Waals surface area contributed by atoms with Gasteiger partial charge in [0, 0.05) is 26.4 Å². The van der Waals surface area contributed by atoms with Gasteiger partial charge in [-0.1, -0.05) is 25.7 Å². The zero-order valence-electron chi connectivity index (χ0n) is 23.0. The first kappa shape index (κ1) is 26.8. The van der Waals surface area contributed by atoms with Crippen LogP contribution in [0.3, 0.4) is 0 Å². The summed E-state index contributed by atoms with van der Waals surface area (Å²) in [5.74, 6) is 0.539. The molecule has 2 heterocycles. The summed E-state index contributed by atoms with van der Waals surface area (Å²) in [6.07, 6.45) is 9.43. The third-order valence-electron chi connectivity index (χ3n) is 8.24. The van der Waals surface area contributed by atoms with Crippen LogP contribution in [0.1, 0.15) is 54.4 Å². The van der Waals surface area contributed by atoms with Gasteiger partial charge >= 0.3 is 0 Å². The Morgan fingerprint density at radius 2 is 1.78 bits per heavy atom. The van der Waals surface area contributed by atoms with Crippen molar-refractivity contribution in [3.63, 3.8) is 0 Å². The highest BCUT2D eigenvalue weighted by Crippen LogP contribution is 2.39. The van der Waals surface area contributed by atoms with Crippen molar-refractivity contribution in [1.82, 2.24) is 19.7 Å². The van der Waals surface area contributed by atoms with E-state index in [1.807, 2.05) is 0 Å². The number of fused-ring (bicyclic) bond motifs is 2. The molecule has 0 amide bonds. The monoisotopic (exact) mass is 545 g/mol. The fourth-order valence-corrected chi connectivity index (χ4v) is 7.94. The van der Waals surface area contributed by atoms with Gasteiger partial charge in [0.2, 0.25) is 15.8 Å². The molecule has 3 aliphatic rings. The molecule has 2 aromatic rings. The quantitative estimate of drug-likeness (QED) is 0.327. The molecule has 2 aliphatic carbocycles. The van der Waals surface area contributed by atoms with E-state index in [4.69, 9.17) is 4.74 Å². The lowest BCUT2D eigenvalue weighted by atomic mass is 9.99. The summed E-state index contributed by atoms with van der Waals surface area (Å²) in [6, 6.07) is 3.76. The predicted octanol–water partition coefficient (Wildman–Crippen LogP) is 4.57. The molecule has 204 valence electrons. The number of benzene rings is 1. The third kappa shape index (κ3) is 6.13. The Labute approximate surface area is 223 Å². The Bertz CT molecular complexity index is 1210. The summed E-state index contributed by atoms with van der Waals surface area (Å²) in [7, 11) is -2.76. The molecule has 1 aromatic heterocycles. The summed E-state index contributed by atoms with van der Waals surface area (Å²) in [6.45, 7) is 8.83. The highest BCUT2D eigenvalue weighted by atomic mass is 32.2. The van der Waals surface area contributed by atoms with Gasteiger partial charge in [0.05, 0.1) is 5.75 Å². The van der Waals surface area contributed by atoms with Crippen LogP contribution in [0.4, 0.5) is 11.6 Å². The first-order valence-electron chi connectivity index (χ1n) is 14.0. The van der Waals surface area contributed by atoms with Gasteiger partial charge < -0.3 is 15.0 Å². The predicted molar refractivity (Wildman–Crippen MR) is 150 cm³/mol. The van der Waals surface area contributed by atoms with Crippen molar-refractivity contribution >= 4 is 29.5 Å². The number of hydrogen-bond acceptors (Lipinski definition) is 7. The van der Waals surface area contributed by atoms with E-state index < -0.39 is 17.9 Å². The van der Waals surface area contributed by atoms with Crippen molar-refractivity contribution in [2.45, 2.75) is 101 Å². The van der Waals surface area contributed by atoms with Crippen LogP contribution in [0.2, 0.25) is 25.7 Å². The van der Waals surface area contributed by atoms with E-state index in [-0.39, 0.29) is 17.6 Å². The molecule has 1 atom stereocenters. The number of hydrogen-bond donors (Lipinski definition) is 1. The van der Waals surface area contributed by atoms with Crippen molar-refractivity contribution < 1.29 is 13.2 Å². The van der Waals surface area contributed by atoms with Crippen LogP contribution >= 0.6 is 0 Å². The van der Waals surface area contributed by atoms with Gasteiger partial charge in [-0.3, -0.25) is 0 Å². The molecule has 37 heavy (non-hydrogen) atoms. The van der Waals surface area contributed by atoms with E-state index in [0.717, 1.165) is 69.6 Å². The van der Waals surface area contributed by atoms with Gasteiger partial charge in [0.1, 0.15) is 6.73 Å². The summed E-state index contributed by atoms with van der Waals surface area (Å²) < 4.78 is 34.3. The smallest absolute Gasteiger partial charge is 0.268 e. The van der Waals surface area contributed by atoms with Crippen molar-refractivity contribution in [2.24, 2.45) is 0 Å². The SMILES string of the molecule is CN1CCCC1CCS(=O)(=O)c1nc(Nc2c3c(cc4c2CCC4)CCC3)n(COCC[Si](C)(C)C)n1. The number of aryl methyl sites for hydroxylation is 2. The maximum absolute atomic E-state index is 13.3. The van der Waals surface area contributed by atoms with E-state index >= 15 is 0 Å². The number of aromatic nitrogens is 3. The van der Waals surface area contributed by atoms with Crippen molar-refractivity contribution in [2.75, 3.05) is 31.3 Å². The zero-order chi connectivity index (χ0) is 26.2. The minimum Gasteiger partial charge on any atom is -0.359 e. The van der Waals surface area contributed by atoms with Crippen molar-refractivity contribution in [3.05, 3.63) is 28.3 Å². The lowest BCUT2D eigenvalue weighted by molar-refractivity contribution is 0.0792. The standard InChI is InChI=1S/C27H43N5O3SSi/c1-31-14-7-10-22(31)13-16-36(33,34)27-29-26(32(30-27)19-35-15-17-37(2,3)4)28-25-23-11-5-8-20(23)18-21-9-6-12-24(21)25/h18,22H,5-17,19H2,1-4H3,(H,28,29,30). The van der Waals surface area contributed by atoms with Crippen LogP contribution in [0.15, 0.2) is 11.2 Å². The Hall–Kier alpha value is -1.75. The van der Waals surface area contributed by atoms with Crippen LogP contribution in [0, 0.1) is 0 Å². The van der Waals surface area contributed by atoms with Gasteiger partial charge in [-0.15, -0.1) is 5.10 Å². The molecule has 0 spiro atoms. The molecule has 10 heteroatoms. The van der Waals surface area contributed by atoms with Crippen LogP contribution in [-0.4, -0.2) is 68.2 Å². The number of nitrogens with one attached hydrogen (secondary N) is 1. The molecule has 0 bridgehead atoms. The molecule has 5 rings (SSSR count). The zero-order valence-corrected chi connectivity index (χ0v) is 24.8. The molecule has 0 radical (unpaired) electrons. The van der Waals surface area contributed by atoms with E-state index in [2.05, 4.69) is 53.1 Å². The summed E-state index contributed by atoms with van der Waals surface area (Å²) in [4.78, 5) is 6.85. The largest absolute Gasteiger partial charge is 0.359 e. The Kier molecular flexibility index (Phi) is 7.82. The van der Waals surface area contributed by atoms with Crippen molar-refractivity contribution in [1.29, 1.82) is 0 Å². The van der Waals surface area contributed by atoms with Crippen LogP contribution in [-0.2, 0) is 47.0 Å². The maximum atomic E-state index is 13.3. The molecule has 1 unspecified atom stereocenters. The number of rotatable bonds is 11. The van der Waals surface area contributed by atoms with E-state index in [1.165, 1.54) is 22.3 Å². The molecule has 1 saturated heterocycles. The molecule has 1 aliphatic heterocycles. The second-order valence-corrected chi connectivity index (χ2v) is 19.9. The van der Waals surface area contributed by atoms with Crippen LogP contribution in [0.25, 0.3) is 0 Å². The topological polar surface area (TPSA) is 89.4 Å². The Morgan fingerprint density at radius 1 is 1.08 bits per heavy atom. The van der Waals surface area contributed by atoms with Gasteiger partial charge in [-0.05, 0) is 99.7 Å². The normalized spacial score (nSPS) is 19.9. The van der Waals surface area contributed by atoms with E-state index in [1.54, 1.807) is 4.68 Å². The highest BCUT2D eigenvalue weighted by Gasteiger charge is 2.29. The van der Waals surface area contributed by atoms with Gasteiger partial charge in [-0.2, -0.15) is 4.98 Å². The van der Waals surface area contributed by atoms with Crippen molar-refractivity contribution in [3.8, 4) is 0 Å². The fourth-order valence-electron chi connectivity index (χ4n) is 5.97. The Morgan fingerprint density at radius 3 is 2.41 bits per heavy atom. The van der Waals surface area contributed by atoms with E-state index in [0.29, 0.717) is 25.0 Å². The molecular weight excluding hydrogens is 502 g/mol. The number of ether oxygens (including phenoxy) is 1. The third-order valence-corrected chi connectivity index (χ3v) is 11.4. The molecule has 1 fully saturated rings. The molecule has 0 saturated carbocycles. The molecule has 1 aromatic carbocycles. The number of anilines is 2. The molecular formula is C27H43N5O3SSi. The van der Waals surface area contributed by atoms with E-state index in [9.17, 15) is 8.42 Å². The second-order valence-electron chi connectivity index (χ2n) is 12.3. The minimum atomic E-state index is -3.60. The maximum Gasteiger partial charge on any atom is 0.268 e. The minimum absolute atomic E-state index is 0.0675. The summed E-state index contributed by atoms with van der Waals surface area (Å²) in [5.41, 5.74) is 6.71. The first-order valence-corrected chi connectivity index (χ1v) is 19.4. The van der Waals surface area contributed by atoms with Crippen LogP contribution < -0.4 is 5.32 Å². The summed E-state index contributed by atoms with van der Waals surface area (Å²) >= 11 is 0. The van der Waals surface area contributed by atoms with Gasteiger partial charge in [0.15, 0.2) is 0 Å². The van der Waals surface area contributed by atoms with Gasteiger partial charge in [-0.25, -0.2) is 13.1 Å². The summed E-state index contributed by atoms with van der Waals surface area (Å²) in [5, 5.41) is 7.97. The highest BCUT2D eigenvalue weighted by molar-refractivity contribution is 7.91. The molecule has 1 N–H and O–H groups in total. The van der Waals surface area contributed by atoms with Gasteiger partial charge in [0.25, 0.3) is 5.16 Å². The molecule has 8 nitrogen and oxygen atoms in total. The fraction of sp³-hybridized carbons (Fsp3) is 0.704. The Balaban J connectivity index is 1.41. The number of nitrogens with zero attached hydrogens (tertiary/aromatic N) is 4. The number of likely N-dealkylation sites (tertiary alicyclic amines) is 1. The number of sulfone groups is 1. The average molecular weight is 546 g/mol. The first-order chi connectivity index (χ1) is 17.6.